The van der Waals surface area contributed by atoms with Gasteiger partial charge in [-0.3, -0.25) is 4.98 Å². The van der Waals surface area contributed by atoms with Gasteiger partial charge in [-0.1, -0.05) is 12.1 Å². The third-order valence-electron chi connectivity index (χ3n) is 3.60. The first kappa shape index (κ1) is 9.10. The molecule has 2 nitrogen and oxygen atoms in total. The Balaban J connectivity index is 1.85. The van der Waals surface area contributed by atoms with Crippen LogP contribution in [-0.2, 0) is 0 Å². The molecule has 1 aliphatic heterocycles. The summed E-state index contributed by atoms with van der Waals surface area (Å²) in [6, 6.07) is 5.01. The highest BCUT2D eigenvalue weighted by atomic mass is 15.0. The summed E-state index contributed by atoms with van der Waals surface area (Å²) in [5.41, 5.74) is 3.86. The van der Waals surface area contributed by atoms with Crippen molar-refractivity contribution in [2.75, 3.05) is 6.54 Å². The fraction of sp³-hybridized carbons (Fsp3) is 0.462. The molecule has 0 saturated carbocycles. The van der Waals surface area contributed by atoms with Crippen LogP contribution in [-0.4, -0.2) is 17.6 Å². The smallest absolute Gasteiger partial charge is 0.0373 e. The molecule has 0 unspecified atom stereocenters. The highest BCUT2D eigenvalue weighted by Crippen LogP contribution is 2.33. The third-order valence-corrected chi connectivity index (χ3v) is 3.60. The van der Waals surface area contributed by atoms with Crippen LogP contribution in [0.4, 0.5) is 0 Å². The van der Waals surface area contributed by atoms with E-state index in [0.29, 0.717) is 0 Å². The van der Waals surface area contributed by atoms with Crippen LogP contribution in [0, 0.1) is 12.8 Å². The van der Waals surface area contributed by atoms with Crippen molar-refractivity contribution < 1.29 is 0 Å². The lowest BCUT2D eigenvalue weighted by Gasteiger charge is -2.41. The molecule has 1 N–H and O–H groups in total. The SMILES string of the molecule is Cc1ccc(C2=CC[C@H]3CN[C@H]3C2)cn1. The van der Waals surface area contributed by atoms with Gasteiger partial charge in [-0.15, -0.1) is 0 Å². The van der Waals surface area contributed by atoms with E-state index in [-0.39, 0.29) is 0 Å². The van der Waals surface area contributed by atoms with Gasteiger partial charge in [0.25, 0.3) is 0 Å². The highest BCUT2D eigenvalue weighted by molar-refractivity contribution is 5.66. The Bertz CT molecular complexity index is 392. The van der Waals surface area contributed by atoms with Gasteiger partial charge in [0, 0.05) is 24.5 Å². The van der Waals surface area contributed by atoms with Crippen molar-refractivity contribution in [1.29, 1.82) is 0 Å². The maximum atomic E-state index is 4.36. The summed E-state index contributed by atoms with van der Waals surface area (Å²) < 4.78 is 0. The number of hydrogen-bond donors (Lipinski definition) is 1. The summed E-state index contributed by atoms with van der Waals surface area (Å²) in [6.45, 7) is 3.24. The van der Waals surface area contributed by atoms with Crippen LogP contribution in [0.25, 0.3) is 5.57 Å². The Kier molecular flexibility index (Phi) is 2.10. The molecule has 1 aliphatic carbocycles. The Morgan fingerprint density at radius 2 is 2.33 bits per heavy atom. The average Bonchev–Trinajstić information content (AvgIpc) is 2.22. The molecule has 2 heteroatoms. The summed E-state index contributed by atoms with van der Waals surface area (Å²) in [5.74, 6) is 0.896. The second-order valence-corrected chi connectivity index (χ2v) is 4.63. The molecule has 2 aliphatic rings. The Morgan fingerprint density at radius 1 is 1.40 bits per heavy atom. The Morgan fingerprint density at radius 3 is 2.93 bits per heavy atom. The normalized spacial score (nSPS) is 29.0. The Labute approximate surface area is 90.4 Å². The van der Waals surface area contributed by atoms with Crippen molar-refractivity contribution in [2.24, 2.45) is 5.92 Å². The average molecular weight is 200 g/mol. The molecular weight excluding hydrogens is 184 g/mol. The first-order valence-electron chi connectivity index (χ1n) is 5.68. The first-order valence-corrected chi connectivity index (χ1v) is 5.68. The van der Waals surface area contributed by atoms with E-state index in [0.717, 1.165) is 17.7 Å². The quantitative estimate of drug-likeness (QED) is 0.751. The molecular formula is C13H16N2. The molecule has 1 aromatic rings. The van der Waals surface area contributed by atoms with Crippen molar-refractivity contribution in [3.63, 3.8) is 0 Å². The molecule has 1 saturated heterocycles. The van der Waals surface area contributed by atoms with Gasteiger partial charge in [-0.05, 0) is 42.9 Å². The largest absolute Gasteiger partial charge is 0.313 e. The minimum atomic E-state index is 0.728. The number of fused-ring (bicyclic) bond motifs is 1. The molecule has 2 atom stereocenters. The zero-order valence-corrected chi connectivity index (χ0v) is 9.03. The maximum Gasteiger partial charge on any atom is 0.0373 e. The van der Waals surface area contributed by atoms with E-state index in [4.69, 9.17) is 0 Å². The number of aromatic nitrogens is 1. The van der Waals surface area contributed by atoms with Crippen molar-refractivity contribution >= 4 is 5.57 Å². The maximum absolute atomic E-state index is 4.36. The summed E-state index contributed by atoms with van der Waals surface area (Å²) in [5, 5.41) is 3.50. The lowest BCUT2D eigenvalue weighted by atomic mass is 9.78. The zero-order chi connectivity index (χ0) is 10.3. The summed E-state index contributed by atoms with van der Waals surface area (Å²) in [6.07, 6.45) is 6.81. The van der Waals surface area contributed by atoms with E-state index in [2.05, 4.69) is 28.5 Å². The van der Waals surface area contributed by atoms with Gasteiger partial charge in [0.1, 0.15) is 0 Å². The number of nitrogens with zero attached hydrogens (tertiary/aromatic N) is 1. The van der Waals surface area contributed by atoms with Crippen molar-refractivity contribution in [1.82, 2.24) is 10.3 Å². The second kappa shape index (κ2) is 3.46. The van der Waals surface area contributed by atoms with Crippen molar-refractivity contribution in [2.45, 2.75) is 25.8 Å². The first-order chi connectivity index (χ1) is 7.33. The molecule has 0 bridgehead atoms. The molecule has 15 heavy (non-hydrogen) atoms. The fourth-order valence-electron chi connectivity index (χ4n) is 2.44. The Hall–Kier alpha value is -1.15. The van der Waals surface area contributed by atoms with Gasteiger partial charge in [0.15, 0.2) is 0 Å². The number of pyridine rings is 1. The lowest BCUT2D eigenvalue weighted by Crippen LogP contribution is -2.53. The van der Waals surface area contributed by atoms with Crippen LogP contribution in [0.1, 0.15) is 24.1 Å². The van der Waals surface area contributed by atoms with E-state index in [9.17, 15) is 0 Å². The van der Waals surface area contributed by atoms with Gasteiger partial charge in [0.2, 0.25) is 0 Å². The van der Waals surface area contributed by atoms with Gasteiger partial charge in [-0.2, -0.15) is 0 Å². The fourth-order valence-corrected chi connectivity index (χ4v) is 2.44. The molecule has 2 heterocycles. The number of allylic oxidation sites excluding steroid dienone is 1. The highest BCUT2D eigenvalue weighted by Gasteiger charge is 2.32. The van der Waals surface area contributed by atoms with E-state index >= 15 is 0 Å². The molecule has 0 spiro atoms. The predicted molar refractivity (Wildman–Crippen MR) is 61.5 cm³/mol. The molecule has 1 fully saturated rings. The summed E-state index contributed by atoms with van der Waals surface area (Å²) >= 11 is 0. The van der Waals surface area contributed by atoms with Crippen LogP contribution in [0.15, 0.2) is 24.4 Å². The van der Waals surface area contributed by atoms with Crippen molar-refractivity contribution in [3.05, 3.63) is 35.7 Å². The molecule has 78 valence electrons. The molecule has 0 aromatic carbocycles. The summed E-state index contributed by atoms with van der Waals surface area (Å²) in [7, 11) is 0. The monoisotopic (exact) mass is 200 g/mol. The lowest BCUT2D eigenvalue weighted by molar-refractivity contribution is 0.231. The molecule has 1 aromatic heterocycles. The van der Waals surface area contributed by atoms with Crippen LogP contribution >= 0.6 is 0 Å². The summed E-state index contributed by atoms with van der Waals surface area (Å²) in [4.78, 5) is 4.36. The van der Waals surface area contributed by atoms with Crippen LogP contribution in [0.2, 0.25) is 0 Å². The van der Waals surface area contributed by atoms with E-state index in [1.54, 1.807) is 0 Å². The molecule has 3 rings (SSSR count). The van der Waals surface area contributed by atoms with Gasteiger partial charge >= 0.3 is 0 Å². The topological polar surface area (TPSA) is 24.9 Å². The van der Waals surface area contributed by atoms with Crippen LogP contribution in [0.5, 0.6) is 0 Å². The van der Waals surface area contributed by atoms with Gasteiger partial charge in [0.05, 0.1) is 0 Å². The minimum Gasteiger partial charge on any atom is -0.313 e. The molecule has 0 amide bonds. The second-order valence-electron chi connectivity index (χ2n) is 4.63. The van der Waals surface area contributed by atoms with Crippen LogP contribution in [0.3, 0.4) is 0 Å². The number of hydrogen-bond acceptors (Lipinski definition) is 2. The van der Waals surface area contributed by atoms with E-state index in [1.165, 1.54) is 30.5 Å². The molecule has 0 radical (unpaired) electrons. The zero-order valence-electron chi connectivity index (χ0n) is 9.03. The van der Waals surface area contributed by atoms with E-state index < -0.39 is 0 Å². The van der Waals surface area contributed by atoms with Gasteiger partial charge < -0.3 is 5.32 Å². The standard InChI is InChI=1S/C13H16N2/c1-9-2-3-11(7-14-9)10-4-5-12-8-15-13(12)6-10/h2-4,7,12-13,15H,5-6,8H2,1H3/t12-,13-/m0/s1. The third kappa shape index (κ3) is 1.59. The number of nitrogens with one attached hydrogen (secondary N) is 1. The van der Waals surface area contributed by atoms with E-state index in [1.807, 2.05) is 13.1 Å². The predicted octanol–water partition coefficient (Wildman–Crippen LogP) is 2.16. The number of rotatable bonds is 1. The van der Waals surface area contributed by atoms with Gasteiger partial charge in [-0.25, -0.2) is 0 Å². The van der Waals surface area contributed by atoms with Crippen molar-refractivity contribution in [3.8, 4) is 0 Å². The van der Waals surface area contributed by atoms with Crippen LogP contribution < -0.4 is 5.32 Å². The minimum absolute atomic E-state index is 0.728. The number of aryl methyl sites for hydroxylation is 1.